The van der Waals surface area contributed by atoms with Gasteiger partial charge in [-0.25, -0.2) is 0 Å². The molecule has 0 aromatic rings. The van der Waals surface area contributed by atoms with Crippen LogP contribution in [0, 0.1) is 17.3 Å². The highest BCUT2D eigenvalue weighted by Gasteiger charge is 2.55. The molecule has 17 heavy (non-hydrogen) atoms. The van der Waals surface area contributed by atoms with Crippen molar-refractivity contribution < 1.29 is 9.90 Å². The first kappa shape index (κ1) is 12.8. The van der Waals surface area contributed by atoms with Gasteiger partial charge in [0, 0.05) is 0 Å². The standard InChI is InChI=1S/C15H24O2/c1-11(10-16)13-6-8-15(17)7-4-5-12(2)14(15,3)9-13/h10,12-13,17H,1,4-9H2,2-3H3/t12-,13+,14+,15-/m0/s1. The van der Waals surface area contributed by atoms with Crippen molar-refractivity contribution in [3.05, 3.63) is 12.2 Å². The maximum Gasteiger partial charge on any atom is 0.145 e. The minimum atomic E-state index is -0.510. The van der Waals surface area contributed by atoms with Crippen LogP contribution in [-0.2, 0) is 4.79 Å². The summed E-state index contributed by atoms with van der Waals surface area (Å²) in [4.78, 5) is 10.9. The van der Waals surface area contributed by atoms with Crippen LogP contribution >= 0.6 is 0 Å². The Balaban J connectivity index is 2.25. The van der Waals surface area contributed by atoms with E-state index in [1.807, 2.05) is 0 Å². The zero-order valence-electron chi connectivity index (χ0n) is 11.0. The molecule has 2 aliphatic carbocycles. The van der Waals surface area contributed by atoms with Gasteiger partial charge in [-0.3, -0.25) is 4.79 Å². The summed E-state index contributed by atoms with van der Waals surface area (Å²) < 4.78 is 0. The van der Waals surface area contributed by atoms with Crippen molar-refractivity contribution in [3.63, 3.8) is 0 Å². The van der Waals surface area contributed by atoms with Crippen LogP contribution in [0.5, 0.6) is 0 Å². The first-order chi connectivity index (χ1) is 7.93. The van der Waals surface area contributed by atoms with Crippen LogP contribution in [0.3, 0.4) is 0 Å². The molecule has 0 aromatic heterocycles. The van der Waals surface area contributed by atoms with Crippen LogP contribution in [-0.4, -0.2) is 17.0 Å². The highest BCUT2D eigenvalue weighted by Crippen LogP contribution is 2.57. The van der Waals surface area contributed by atoms with Crippen LogP contribution < -0.4 is 0 Å². The number of allylic oxidation sites excluding steroid dienone is 1. The molecule has 0 bridgehead atoms. The van der Waals surface area contributed by atoms with E-state index in [0.717, 1.165) is 38.4 Å². The lowest BCUT2D eigenvalue weighted by Gasteiger charge is -2.57. The van der Waals surface area contributed by atoms with Crippen LogP contribution in [0.15, 0.2) is 12.2 Å². The van der Waals surface area contributed by atoms with E-state index in [9.17, 15) is 9.90 Å². The van der Waals surface area contributed by atoms with Gasteiger partial charge in [0.2, 0.25) is 0 Å². The van der Waals surface area contributed by atoms with Crippen LogP contribution in [0.2, 0.25) is 0 Å². The van der Waals surface area contributed by atoms with Crippen molar-refractivity contribution in [3.8, 4) is 0 Å². The van der Waals surface area contributed by atoms with E-state index in [-0.39, 0.29) is 11.3 Å². The predicted octanol–water partition coefficient (Wildman–Crippen LogP) is 3.10. The average molecular weight is 236 g/mol. The largest absolute Gasteiger partial charge is 0.389 e. The highest BCUT2D eigenvalue weighted by molar-refractivity contribution is 5.72. The minimum Gasteiger partial charge on any atom is -0.389 e. The van der Waals surface area contributed by atoms with Crippen molar-refractivity contribution in [2.24, 2.45) is 17.3 Å². The minimum absolute atomic E-state index is 0.0416. The van der Waals surface area contributed by atoms with E-state index in [4.69, 9.17) is 0 Å². The van der Waals surface area contributed by atoms with E-state index in [0.29, 0.717) is 11.5 Å². The summed E-state index contributed by atoms with van der Waals surface area (Å²) in [5, 5.41) is 10.9. The Hall–Kier alpha value is -0.630. The molecule has 0 aliphatic heterocycles. The molecule has 0 heterocycles. The van der Waals surface area contributed by atoms with Crippen molar-refractivity contribution in [1.82, 2.24) is 0 Å². The molecule has 96 valence electrons. The summed E-state index contributed by atoms with van der Waals surface area (Å²) in [5.41, 5.74) is 0.163. The summed E-state index contributed by atoms with van der Waals surface area (Å²) >= 11 is 0. The third kappa shape index (κ3) is 1.87. The lowest BCUT2D eigenvalue weighted by atomic mass is 9.51. The molecule has 2 rings (SSSR count). The molecule has 2 nitrogen and oxygen atoms in total. The molecular weight excluding hydrogens is 212 g/mol. The van der Waals surface area contributed by atoms with Gasteiger partial charge < -0.3 is 5.11 Å². The van der Waals surface area contributed by atoms with Crippen molar-refractivity contribution in [1.29, 1.82) is 0 Å². The molecule has 2 aliphatic rings. The SMILES string of the molecule is C=C(C=O)[C@@H]1CC[C@@]2(O)CCC[C@H](C)[C@@]2(C)C1. The molecule has 0 saturated heterocycles. The van der Waals surface area contributed by atoms with Crippen molar-refractivity contribution in [2.75, 3.05) is 0 Å². The average Bonchev–Trinajstić information content (AvgIpc) is 2.30. The van der Waals surface area contributed by atoms with E-state index < -0.39 is 5.60 Å². The first-order valence-corrected chi connectivity index (χ1v) is 6.79. The Labute approximate surface area is 104 Å². The highest BCUT2D eigenvalue weighted by atomic mass is 16.3. The Kier molecular flexibility index (Phi) is 3.19. The van der Waals surface area contributed by atoms with E-state index >= 15 is 0 Å². The first-order valence-electron chi connectivity index (χ1n) is 6.79. The Morgan fingerprint density at radius 1 is 1.41 bits per heavy atom. The molecule has 1 N–H and O–H groups in total. The molecule has 0 radical (unpaired) electrons. The molecule has 0 spiro atoms. The van der Waals surface area contributed by atoms with Gasteiger partial charge in [-0.2, -0.15) is 0 Å². The number of rotatable bonds is 2. The molecular formula is C15H24O2. The fourth-order valence-electron chi connectivity index (χ4n) is 4.00. The summed E-state index contributed by atoms with van der Waals surface area (Å²) in [6, 6.07) is 0. The van der Waals surface area contributed by atoms with Crippen molar-refractivity contribution >= 4 is 6.29 Å². The maximum atomic E-state index is 10.9. The Morgan fingerprint density at radius 3 is 2.76 bits per heavy atom. The third-order valence-electron chi connectivity index (χ3n) is 5.63. The summed E-state index contributed by atoms with van der Waals surface area (Å²) in [5.74, 6) is 0.807. The number of fused-ring (bicyclic) bond motifs is 1. The lowest BCUT2D eigenvalue weighted by Crippen LogP contribution is -2.56. The van der Waals surface area contributed by atoms with Gasteiger partial charge in [0.15, 0.2) is 0 Å². The maximum absolute atomic E-state index is 10.9. The Bertz CT molecular complexity index is 336. The molecule has 0 amide bonds. The quantitative estimate of drug-likeness (QED) is 0.591. The van der Waals surface area contributed by atoms with Crippen LogP contribution in [0.4, 0.5) is 0 Å². The van der Waals surface area contributed by atoms with Gasteiger partial charge in [0.1, 0.15) is 6.29 Å². The lowest BCUT2D eigenvalue weighted by molar-refractivity contribution is -0.165. The summed E-state index contributed by atoms with van der Waals surface area (Å²) in [6.45, 7) is 8.32. The molecule has 2 saturated carbocycles. The van der Waals surface area contributed by atoms with E-state index in [1.165, 1.54) is 6.42 Å². The third-order valence-corrected chi connectivity index (χ3v) is 5.63. The van der Waals surface area contributed by atoms with Gasteiger partial charge in [-0.15, -0.1) is 0 Å². The van der Waals surface area contributed by atoms with Gasteiger partial charge in [-0.1, -0.05) is 26.8 Å². The number of aldehydes is 1. The zero-order valence-corrected chi connectivity index (χ0v) is 11.0. The van der Waals surface area contributed by atoms with Gasteiger partial charge in [0.25, 0.3) is 0 Å². The molecule has 0 unspecified atom stereocenters. The molecule has 2 fully saturated rings. The number of hydrogen-bond acceptors (Lipinski definition) is 2. The molecule has 4 atom stereocenters. The topological polar surface area (TPSA) is 37.3 Å². The second-order valence-electron chi connectivity index (χ2n) is 6.37. The smallest absolute Gasteiger partial charge is 0.145 e. The molecule has 2 heteroatoms. The number of carbonyl (C=O) groups is 1. The van der Waals surface area contributed by atoms with Gasteiger partial charge in [0.05, 0.1) is 5.60 Å². The van der Waals surface area contributed by atoms with Gasteiger partial charge >= 0.3 is 0 Å². The van der Waals surface area contributed by atoms with Crippen LogP contribution in [0.25, 0.3) is 0 Å². The monoisotopic (exact) mass is 236 g/mol. The fourth-order valence-corrected chi connectivity index (χ4v) is 4.00. The molecule has 0 aromatic carbocycles. The number of carbonyl (C=O) groups excluding carboxylic acids is 1. The van der Waals surface area contributed by atoms with Gasteiger partial charge in [-0.05, 0) is 54.9 Å². The predicted molar refractivity (Wildman–Crippen MR) is 68.6 cm³/mol. The van der Waals surface area contributed by atoms with E-state index in [2.05, 4.69) is 20.4 Å². The zero-order chi connectivity index (χ0) is 12.7. The number of aliphatic hydroxyl groups is 1. The normalized spacial score (nSPS) is 46.1. The number of hydrogen-bond donors (Lipinski definition) is 1. The Morgan fingerprint density at radius 2 is 2.12 bits per heavy atom. The summed E-state index contributed by atoms with van der Waals surface area (Å²) in [7, 11) is 0. The second kappa shape index (κ2) is 4.24. The van der Waals surface area contributed by atoms with E-state index in [1.54, 1.807) is 0 Å². The summed E-state index contributed by atoms with van der Waals surface area (Å²) in [6.07, 6.45) is 6.80. The fraction of sp³-hybridized carbons (Fsp3) is 0.800. The second-order valence-corrected chi connectivity index (χ2v) is 6.37. The van der Waals surface area contributed by atoms with Crippen LogP contribution in [0.1, 0.15) is 52.4 Å². The van der Waals surface area contributed by atoms with Crippen molar-refractivity contribution in [2.45, 2.75) is 58.0 Å².